The van der Waals surface area contributed by atoms with Crippen LogP contribution in [0.2, 0.25) is 0 Å². The Morgan fingerprint density at radius 1 is 1.64 bits per heavy atom. The van der Waals surface area contributed by atoms with E-state index in [-0.39, 0.29) is 11.6 Å². The summed E-state index contributed by atoms with van der Waals surface area (Å²) in [6.07, 6.45) is 2.03. The van der Waals surface area contributed by atoms with E-state index < -0.39 is 0 Å². The first-order valence-corrected chi connectivity index (χ1v) is 4.51. The molecule has 0 atom stereocenters. The number of rotatable bonds is 5. The van der Waals surface area contributed by atoms with Gasteiger partial charge in [0, 0.05) is 13.0 Å². The van der Waals surface area contributed by atoms with E-state index in [2.05, 4.69) is 10.2 Å². The minimum Gasteiger partial charge on any atom is -0.476 e. The molecule has 76 valence electrons. The van der Waals surface area contributed by atoms with Crippen LogP contribution in [-0.2, 0) is 0 Å². The van der Waals surface area contributed by atoms with Crippen molar-refractivity contribution in [2.24, 2.45) is 5.73 Å². The maximum atomic E-state index is 8.56. The molecule has 1 aromatic rings. The van der Waals surface area contributed by atoms with Gasteiger partial charge in [-0.15, -0.1) is 5.10 Å². The quantitative estimate of drug-likeness (QED) is 0.524. The van der Waals surface area contributed by atoms with Crippen molar-refractivity contribution in [3.05, 3.63) is 17.8 Å². The maximum absolute atomic E-state index is 8.56. The molecule has 0 bridgehead atoms. The summed E-state index contributed by atoms with van der Waals surface area (Å²) in [6, 6.07) is 1.64. The van der Waals surface area contributed by atoms with Gasteiger partial charge < -0.3 is 15.6 Å². The lowest BCUT2D eigenvalue weighted by Crippen LogP contribution is -2.13. The highest BCUT2D eigenvalue weighted by atomic mass is 32.1. The fourth-order valence-corrected chi connectivity index (χ4v) is 1.00. The third-order valence-corrected chi connectivity index (χ3v) is 1.71. The Morgan fingerprint density at radius 3 is 3.07 bits per heavy atom. The zero-order valence-corrected chi connectivity index (χ0v) is 8.33. The minimum atomic E-state index is 0.0721. The lowest BCUT2D eigenvalue weighted by Gasteiger charge is -2.06. The van der Waals surface area contributed by atoms with Gasteiger partial charge in [-0.25, -0.2) is 0 Å². The summed E-state index contributed by atoms with van der Waals surface area (Å²) in [7, 11) is 0. The van der Waals surface area contributed by atoms with Gasteiger partial charge in [-0.05, 0) is 6.07 Å². The molecule has 0 saturated carbocycles. The Labute approximate surface area is 86.9 Å². The van der Waals surface area contributed by atoms with Gasteiger partial charge in [0.25, 0.3) is 0 Å². The normalized spacial score (nSPS) is 9.79. The third kappa shape index (κ3) is 2.90. The first-order chi connectivity index (χ1) is 6.75. The fraction of sp³-hybridized carbons (Fsp3) is 0.375. The van der Waals surface area contributed by atoms with E-state index in [4.69, 9.17) is 27.8 Å². The van der Waals surface area contributed by atoms with Crippen molar-refractivity contribution in [3.8, 4) is 5.88 Å². The number of hydrogen-bond acceptors (Lipinski definition) is 5. The Morgan fingerprint density at radius 2 is 2.43 bits per heavy atom. The summed E-state index contributed by atoms with van der Waals surface area (Å²) in [4.78, 5) is 0.221. The smallest absolute Gasteiger partial charge is 0.243 e. The number of ether oxygens (including phenoxy) is 1. The first kappa shape index (κ1) is 10.8. The van der Waals surface area contributed by atoms with Gasteiger partial charge >= 0.3 is 0 Å². The van der Waals surface area contributed by atoms with Crippen LogP contribution in [0.4, 0.5) is 0 Å². The second kappa shape index (κ2) is 5.46. The van der Waals surface area contributed by atoms with Crippen LogP contribution in [0.1, 0.15) is 12.0 Å². The van der Waals surface area contributed by atoms with E-state index in [1.54, 1.807) is 6.07 Å². The minimum absolute atomic E-state index is 0.0721. The average molecular weight is 213 g/mol. The van der Waals surface area contributed by atoms with Crippen LogP contribution in [0.15, 0.2) is 12.3 Å². The fourth-order valence-electron chi connectivity index (χ4n) is 0.846. The van der Waals surface area contributed by atoms with Gasteiger partial charge in [-0.3, -0.25) is 0 Å². The highest BCUT2D eigenvalue weighted by Gasteiger charge is 2.07. The SMILES string of the molecule is NC(=S)c1ccnnc1OCCCO. The van der Waals surface area contributed by atoms with E-state index >= 15 is 0 Å². The molecule has 3 N–H and O–H groups in total. The molecule has 14 heavy (non-hydrogen) atoms. The molecular weight excluding hydrogens is 202 g/mol. The molecule has 6 heteroatoms. The van der Waals surface area contributed by atoms with Gasteiger partial charge in [0.05, 0.1) is 18.4 Å². The van der Waals surface area contributed by atoms with E-state index in [1.165, 1.54) is 6.20 Å². The second-order valence-corrected chi connectivity index (χ2v) is 2.98. The molecule has 5 nitrogen and oxygen atoms in total. The molecule has 0 spiro atoms. The highest BCUT2D eigenvalue weighted by molar-refractivity contribution is 7.80. The van der Waals surface area contributed by atoms with Crippen LogP contribution in [-0.4, -0.2) is 33.5 Å². The van der Waals surface area contributed by atoms with Gasteiger partial charge in [-0.1, -0.05) is 12.2 Å². The number of thiocarbonyl (C=S) groups is 1. The zero-order chi connectivity index (χ0) is 10.4. The average Bonchev–Trinajstić information content (AvgIpc) is 2.19. The highest BCUT2D eigenvalue weighted by Crippen LogP contribution is 2.12. The largest absolute Gasteiger partial charge is 0.476 e. The van der Waals surface area contributed by atoms with Crippen LogP contribution >= 0.6 is 12.2 Å². The molecule has 0 aromatic carbocycles. The maximum Gasteiger partial charge on any atom is 0.243 e. The number of nitrogens with zero attached hydrogens (tertiary/aromatic N) is 2. The predicted octanol–water partition coefficient (Wildman–Crippen LogP) is -0.128. The van der Waals surface area contributed by atoms with Crippen molar-refractivity contribution in [1.29, 1.82) is 0 Å². The molecule has 1 aromatic heterocycles. The van der Waals surface area contributed by atoms with Crippen molar-refractivity contribution in [2.75, 3.05) is 13.2 Å². The first-order valence-electron chi connectivity index (χ1n) is 4.11. The molecule has 0 fully saturated rings. The molecule has 0 amide bonds. The summed E-state index contributed by atoms with van der Waals surface area (Å²) in [5.74, 6) is 0.313. The van der Waals surface area contributed by atoms with E-state index in [9.17, 15) is 0 Å². The molecule has 0 aliphatic carbocycles. The van der Waals surface area contributed by atoms with Gasteiger partial charge in [-0.2, -0.15) is 5.10 Å². The lowest BCUT2D eigenvalue weighted by molar-refractivity contribution is 0.228. The number of hydrogen-bond donors (Lipinski definition) is 2. The number of nitrogens with two attached hydrogens (primary N) is 1. The van der Waals surface area contributed by atoms with Gasteiger partial charge in [0.15, 0.2) is 0 Å². The van der Waals surface area contributed by atoms with Crippen molar-refractivity contribution in [1.82, 2.24) is 10.2 Å². The molecule has 1 rings (SSSR count). The third-order valence-electron chi connectivity index (χ3n) is 1.49. The number of aliphatic hydroxyl groups excluding tert-OH is 1. The summed E-state index contributed by atoms with van der Waals surface area (Å²) in [6.45, 7) is 0.438. The van der Waals surface area contributed by atoms with Gasteiger partial charge in [0.2, 0.25) is 5.88 Å². The molecule has 0 radical (unpaired) electrons. The number of aliphatic hydroxyl groups is 1. The molecule has 0 aliphatic rings. The standard InChI is InChI=1S/C8H11N3O2S/c9-7(14)6-2-3-10-11-8(6)13-5-1-4-12/h2-3,12H,1,4-5H2,(H2,9,14). The topological polar surface area (TPSA) is 81.3 Å². The van der Waals surface area contributed by atoms with E-state index in [0.29, 0.717) is 24.5 Å². The molecule has 0 saturated heterocycles. The predicted molar refractivity (Wildman–Crippen MR) is 55.1 cm³/mol. The van der Waals surface area contributed by atoms with E-state index in [0.717, 1.165) is 0 Å². The Hall–Kier alpha value is -1.27. The number of aromatic nitrogens is 2. The molecule has 0 unspecified atom stereocenters. The Bertz CT molecular complexity index is 319. The van der Waals surface area contributed by atoms with Crippen molar-refractivity contribution < 1.29 is 9.84 Å². The van der Waals surface area contributed by atoms with Crippen LogP contribution < -0.4 is 10.5 Å². The summed E-state index contributed by atoms with van der Waals surface area (Å²) < 4.78 is 5.24. The zero-order valence-electron chi connectivity index (χ0n) is 7.51. The van der Waals surface area contributed by atoms with Crippen molar-refractivity contribution >= 4 is 17.2 Å². The second-order valence-electron chi connectivity index (χ2n) is 2.54. The van der Waals surface area contributed by atoms with Crippen molar-refractivity contribution in [2.45, 2.75) is 6.42 Å². The summed E-state index contributed by atoms with van der Waals surface area (Å²) in [5, 5.41) is 16.0. The van der Waals surface area contributed by atoms with Crippen LogP contribution in [0, 0.1) is 0 Å². The Kier molecular flexibility index (Phi) is 4.21. The van der Waals surface area contributed by atoms with Crippen molar-refractivity contribution in [3.63, 3.8) is 0 Å². The molecule has 1 heterocycles. The van der Waals surface area contributed by atoms with Crippen LogP contribution in [0.25, 0.3) is 0 Å². The van der Waals surface area contributed by atoms with Crippen LogP contribution in [0.3, 0.4) is 0 Å². The van der Waals surface area contributed by atoms with Crippen LogP contribution in [0.5, 0.6) is 5.88 Å². The summed E-state index contributed by atoms with van der Waals surface area (Å²) >= 11 is 4.81. The lowest BCUT2D eigenvalue weighted by atomic mass is 10.3. The Balaban J connectivity index is 2.69. The van der Waals surface area contributed by atoms with Gasteiger partial charge in [0.1, 0.15) is 4.99 Å². The van der Waals surface area contributed by atoms with E-state index in [1.807, 2.05) is 0 Å². The molecule has 0 aliphatic heterocycles. The molecular formula is C8H11N3O2S. The summed E-state index contributed by atoms with van der Waals surface area (Å²) in [5.41, 5.74) is 6.02. The monoisotopic (exact) mass is 213 g/mol.